The molecule has 1 saturated carbocycles. The van der Waals surface area contributed by atoms with Crippen LogP contribution in [0.1, 0.15) is 47.4 Å². The Morgan fingerprint density at radius 1 is 1.33 bits per heavy atom. The van der Waals surface area contributed by atoms with Gasteiger partial charge in [0.05, 0.1) is 0 Å². The molecule has 0 atom stereocenters. The number of carbonyl (C=O) groups is 1. The molecule has 1 aromatic heterocycles. The zero-order valence-electron chi connectivity index (χ0n) is 8.83. The number of ketones is 1. The van der Waals surface area contributed by atoms with E-state index in [2.05, 4.69) is 11.1 Å². The molecule has 1 fully saturated rings. The molecule has 0 aliphatic heterocycles. The molecule has 0 spiro atoms. The lowest BCUT2D eigenvalue weighted by Crippen LogP contribution is -2.05. The predicted octanol–water partition coefficient (Wildman–Crippen LogP) is 2.55. The number of carbonyl (C=O) groups excluding carboxylic acids is 1. The van der Waals surface area contributed by atoms with Crippen LogP contribution in [0.4, 0.5) is 0 Å². The van der Waals surface area contributed by atoms with Crippen molar-refractivity contribution in [2.75, 3.05) is 0 Å². The second-order valence-electron chi connectivity index (χ2n) is 4.73. The van der Waals surface area contributed by atoms with Crippen molar-refractivity contribution in [2.24, 2.45) is 5.92 Å². The SMILES string of the molecule is O=C(CC1CC1)c1ccc2c(n1)CCC2. The van der Waals surface area contributed by atoms with E-state index < -0.39 is 0 Å². The Morgan fingerprint density at radius 2 is 2.20 bits per heavy atom. The van der Waals surface area contributed by atoms with Gasteiger partial charge in [0.25, 0.3) is 0 Å². The van der Waals surface area contributed by atoms with Crippen molar-refractivity contribution in [1.29, 1.82) is 0 Å². The molecule has 0 radical (unpaired) electrons. The Balaban J connectivity index is 1.82. The van der Waals surface area contributed by atoms with Gasteiger partial charge < -0.3 is 0 Å². The van der Waals surface area contributed by atoms with Crippen LogP contribution >= 0.6 is 0 Å². The molecule has 78 valence electrons. The molecule has 2 aliphatic rings. The fraction of sp³-hybridized carbons (Fsp3) is 0.538. The highest BCUT2D eigenvalue weighted by molar-refractivity contribution is 5.94. The maximum atomic E-state index is 11.8. The van der Waals surface area contributed by atoms with Gasteiger partial charge in [0.2, 0.25) is 0 Å². The Hall–Kier alpha value is -1.18. The highest BCUT2D eigenvalue weighted by Gasteiger charge is 2.26. The van der Waals surface area contributed by atoms with Gasteiger partial charge in [0, 0.05) is 12.1 Å². The zero-order valence-corrected chi connectivity index (χ0v) is 8.83. The first-order valence-electron chi connectivity index (χ1n) is 5.85. The summed E-state index contributed by atoms with van der Waals surface area (Å²) in [6.45, 7) is 0. The maximum absolute atomic E-state index is 11.8. The molecule has 2 aliphatic carbocycles. The Kier molecular flexibility index (Phi) is 2.08. The van der Waals surface area contributed by atoms with Gasteiger partial charge in [0.1, 0.15) is 5.69 Å². The second-order valence-corrected chi connectivity index (χ2v) is 4.73. The van der Waals surface area contributed by atoms with Crippen LogP contribution in [0.5, 0.6) is 0 Å². The Labute approximate surface area is 89.7 Å². The molecule has 0 bridgehead atoms. The molecule has 0 amide bonds. The lowest BCUT2D eigenvalue weighted by Gasteiger charge is -2.02. The summed E-state index contributed by atoms with van der Waals surface area (Å²) in [6.07, 6.45) is 6.57. The van der Waals surface area contributed by atoms with Crippen LogP contribution in [0.15, 0.2) is 12.1 Å². The van der Waals surface area contributed by atoms with E-state index in [0.29, 0.717) is 18.0 Å². The van der Waals surface area contributed by atoms with Crippen LogP contribution in [0.3, 0.4) is 0 Å². The molecule has 0 N–H and O–H groups in total. The zero-order chi connectivity index (χ0) is 10.3. The van der Waals surface area contributed by atoms with E-state index in [-0.39, 0.29) is 5.78 Å². The number of pyridine rings is 1. The van der Waals surface area contributed by atoms with Crippen molar-refractivity contribution < 1.29 is 4.79 Å². The van der Waals surface area contributed by atoms with Crippen molar-refractivity contribution in [2.45, 2.75) is 38.5 Å². The van der Waals surface area contributed by atoms with Crippen LogP contribution in [-0.2, 0) is 12.8 Å². The van der Waals surface area contributed by atoms with E-state index in [1.807, 2.05) is 6.07 Å². The highest BCUT2D eigenvalue weighted by Crippen LogP contribution is 2.33. The van der Waals surface area contributed by atoms with Crippen LogP contribution in [0.2, 0.25) is 0 Å². The van der Waals surface area contributed by atoms with Crippen LogP contribution in [-0.4, -0.2) is 10.8 Å². The van der Waals surface area contributed by atoms with Crippen molar-refractivity contribution in [3.8, 4) is 0 Å². The molecular weight excluding hydrogens is 186 g/mol. The van der Waals surface area contributed by atoms with Crippen molar-refractivity contribution in [1.82, 2.24) is 4.98 Å². The molecule has 1 aromatic rings. The smallest absolute Gasteiger partial charge is 0.181 e. The van der Waals surface area contributed by atoms with Crippen molar-refractivity contribution in [3.63, 3.8) is 0 Å². The van der Waals surface area contributed by atoms with E-state index in [1.165, 1.54) is 24.8 Å². The summed E-state index contributed by atoms with van der Waals surface area (Å²) in [7, 11) is 0. The number of hydrogen-bond acceptors (Lipinski definition) is 2. The van der Waals surface area contributed by atoms with Gasteiger partial charge in [-0.2, -0.15) is 0 Å². The first-order chi connectivity index (χ1) is 7.33. The minimum absolute atomic E-state index is 0.243. The molecule has 1 heterocycles. The highest BCUT2D eigenvalue weighted by atomic mass is 16.1. The summed E-state index contributed by atoms with van der Waals surface area (Å²) in [6, 6.07) is 4.00. The maximum Gasteiger partial charge on any atom is 0.181 e. The topological polar surface area (TPSA) is 30.0 Å². The van der Waals surface area contributed by atoms with Gasteiger partial charge in [-0.05, 0) is 49.7 Å². The molecule has 2 heteroatoms. The lowest BCUT2D eigenvalue weighted by molar-refractivity contribution is 0.0971. The standard InChI is InChI=1S/C13H15NO/c15-13(8-9-4-5-9)12-7-6-10-2-1-3-11(10)14-12/h6-7,9H,1-5,8H2. The average molecular weight is 201 g/mol. The van der Waals surface area contributed by atoms with Crippen LogP contribution in [0.25, 0.3) is 0 Å². The van der Waals surface area contributed by atoms with Crippen molar-refractivity contribution in [3.05, 3.63) is 29.1 Å². The average Bonchev–Trinajstić information content (AvgIpc) is 2.94. The molecule has 0 saturated heterocycles. The summed E-state index contributed by atoms with van der Waals surface area (Å²) in [5.41, 5.74) is 3.21. The number of aryl methyl sites for hydroxylation is 2. The molecular formula is C13H15NO. The predicted molar refractivity (Wildman–Crippen MR) is 57.9 cm³/mol. The van der Waals surface area contributed by atoms with E-state index >= 15 is 0 Å². The molecule has 0 unspecified atom stereocenters. The van der Waals surface area contributed by atoms with Crippen LogP contribution in [0, 0.1) is 5.92 Å². The third-order valence-electron chi connectivity index (χ3n) is 3.38. The van der Waals surface area contributed by atoms with Gasteiger partial charge in [0.15, 0.2) is 5.78 Å². The minimum Gasteiger partial charge on any atom is -0.292 e. The third kappa shape index (κ3) is 1.81. The summed E-state index contributed by atoms with van der Waals surface area (Å²) in [5.74, 6) is 0.903. The summed E-state index contributed by atoms with van der Waals surface area (Å²) < 4.78 is 0. The van der Waals surface area contributed by atoms with Gasteiger partial charge >= 0.3 is 0 Å². The summed E-state index contributed by atoms with van der Waals surface area (Å²) in [4.78, 5) is 16.3. The normalized spacial score (nSPS) is 18.9. The number of hydrogen-bond donors (Lipinski definition) is 0. The van der Waals surface area contributed by atoms with E-state index in [9.17, 15) is 4.79 Å². The lowest BCUT2D eigenvalue weighted by atomic mass is 10.1. The molecule has 3 rings (SSSR count). The first kappa shape index (κ1) is 9.08. The van der Waals surface area contributed by atoms with Crippen LogP contribution < -0.4 is 0 Å². The number of nitrogens with zero attached hydrogens (tertiary/aromatic N) is 1. The number of Topliss-reactive ketones (excluding diaryl/α,β-unsaturated/α-hetero) is 1. The van der Waals surface area contributed by atoms with Gasteiger partial charge in [-0.25, -0.2) is 4.98 Å². The second kappa shape index (κ2) is 3.44. The van der Waals surface area contributed by atoms with Gasteiger partial charge in [-0.15, -0.1) is 0 Å². The van der Waals surface area contributed by atoms with Crippen molar-refractivity contribution >= 4 is 5.78 Å². The van der Waals surface area contributed by atoms with E-state index in [0.717, 1.165) is 18.5 Å². The summed E-state index contributed by atoms with van der Waals surface area (Å²) in [5, 5.41) is 0. The monoisotopic (exact) mass is 201 g/mol. The third-order valence-corrected chi connectivity index (χ3v) is 3.38. The molecule has 2 nitrogen and oxygen atoms in total. The van der Waals surface area contributed by atoms with Gasteiger partial charge in [-0.3, -0.25) is 4.79 Å². The van der Waals surface area contributed by atoms with E-state index in [1.54, 1.807) is 0 Å². The summed E-state index contributed by atoms with van der Waals surface area (Å²) >= 11 is 0. The van der Waals surface area contributed by atoms with Gasteiger partial charge in [-0.1, -0.05) is 6.07 Å². The van der Waals surface area contributed by atoms with E-state index in [4.69, 9.17) is 0 Å². The molecule has 0 aromatic carbocycles. The first-order valence-corrected chi connectivity index (χ1v) is 5.85. The largest absolute Gasteiger partial charge is 0.292 e. The Morgan fingerprint density at radius 3 is 3.00 bits per heavy atom. The quantitative estimate of drug-likeness (QED) is 0.703. The fourth-order valence-electron chi connectivity index (χ4n) is 2.26. The number of aromatic nitrogens is 1. The minimum atomic E-state index is 0.243. The fourth-order valence-corrected chi connectivity index (χ4v) is 2.26. The molecule has 15 heavy (non-hydrogen) atoms. The number of rotatable bonds is 3. The Bertz CT molecular complexity index is 407. The number of fused-ring (bicyclic) bond motifs is 1.